The van der Waals surface area contributed by atoms with Gasteiger partial charge in [0.15, 0.2) is 0 Å². The second-order valence-electron chi connectivity index (χ2n) is 5.54. The topological polar surface area (TPSA) is 73.2 Å². The summed E-state index contributed by atoms with van der Waals surface area (Å²) in [5.41, 5.74) is 1.06. The van der Waals surface area contributed by atoms with Gasteiger partial charge in [0.25, 0.3) is 0 Å². The van der Waals surface area contributed by atoms with Crippen LogP contribution in [0.15, 0.2) is 23.1 Å². The lowest BCUT2D eigenvalue weighted by atomic mass is 10.2. The number of aryl methyl sites for hydroxylation is 1. The fourth-order valence-electron chi connectivity index (χ4n) is 2.64. The molecule has 0 saturated carbocycles. The molecule has 0 amide bonds. The first kappa shape index (κ1) is 16.0. The molecule has 0 aromatic heterocycles. The highest BCUT2D eigenvalue weighted by Crippen LogP contribution is 2.17. The van der Waals surface area contributed by atoms with Crippen molar-refractivity contribution in [3.05, 3.63) is 29.3 Å². The van der Waals surface area contributed by atoms with Crippen molar-refractivity contribution >= 4 is 10.0 Å². The second kappa shape index (κ2) is 6.56. The zero-order chi connectivity index (χ0) is 15.5. The minimum Gasteiger partial charge on any atom is -0.299 e. The molecule has 1 aliphatic rings. The Kier molecular flexibility index (Phi) is 4.99. The Morgan fingerprint density at radius 1 is 1.38 bits per heavy atom. The third-order valence-corrected chi connectivity index (χ3v) is 5.51. The van der Waals surface area contributed by atoms with E-state index in [1.54, 1.807) is 13.0 Å². The molecule has 1 aromatic rings. The molecule has 1 saturated heterocycles. The summed E-state index contributed by atoms with van der Waals surface area (Å²) in [5, 5.41) is 8.83. The molecule has 6 heteroatoms. The number of sulfonamides is 1. The molecule has 114 valence electrons. The van der Waals surface area contributed by atoms with E-state index in [1.165, 1.54) is 25.0 Å². The molecule has 1 fully saturated rings. The molecule has 5 nitrogen and oxygen atoms in total. The highest BCUT2D eigenvalue weighted by atomic mass is 32.2. The Morgan fingerprint density at radius 3 is 2.62 bits per heavy atom. The average Bonchev–Trinajstić information content (AvgIpc) is 2.98. The number of nitrogens with zero attached hydrogens (tertiary/aromatic N) is 2. The second-order valence-corrected chi connectivity index (χ2v) is 7.27. The summed E-state index contributed by atoms with van der Waals surface area (Å²) < 4.78 is 27.4. The van der Waals surface area contributed by atoms with E-state index in [1.807, 2.05) is 13.0 Å². The van der Waals surface area contributed by atoms with Crippen molar-refractivity contribution in [2.24, 2.45) is 0 Å². The van der Waals surface area contributed by atoms with Crippen LogP contribution >= 0.6 is 0 Å². The van der Waals surface area contributed by atoms with E-state index in [0.29, 0.717) is 17.7 Å². The zero-order valence-corrected chi connectivity index (χ0v) is 13.3. The molecule has 1 unspecified atom stereocenters. The van der Waals surface area contributed by atoms with Crippen LogP contribution in [0.25, 0.3) is 0 Å². The first-order valence-corrected chi connectivity index (χ1v) is 8.67. The van der Waals surface area contributed by atoms with Crippen molar-refractivity contribution in [3.63, 3.8) is 0 Å². The van der Waals surface area contributed by atoms with Crippen LogP contribution in [0.3, 0.4) is 0 Å². The Balaban J connectivity index is 2.06. The quantitative estimate of drug-likeness (QED) is 0.897. The molecule has 0 aliphatic carbocycles. The lowest BCUT2D eigenvalue weighted by molar-refractivity contribution is 0.260. The molecule has 1 N–H and O–H groups in total. The van der Waals surface area contributed by atoms with E-state index >= 15 is 0 Å². The van der Waals surface area contributed by atoms with Crippen molar-refractivity contribution in [2.75, 3.05) is 19.6 Å². The molecule has 1 aliphatic heterocycles. The van der Waals surface area contributed by atoms with Crippen LogP contribution in [0.1, 0.15) is 30.9 Å². The van der Waals surface area contributed by atoms with Gasteiger partial charge >= 0.3 is 0 Å². The van der Waals surface area contributed by atoms with E-state index in [-0.39, 0.29) is 10.9 Å². The van der Waals surface area contributed by atoms with Crippen LogP contribution in [0.4, 0.5) is 0 Å². The molecular weight excluding hydrogens is 286 g/mol. The van der Waals surface area contributed by atoms with Crippen LogP contribution in [-0.2, 0) is 10.0 Å². The van der Waals surface area contributed by atoms with Crippen molar-refractivity contribution < 1.29 is 8.42 Å². The van der Waals surface area contributed by atoms with E-state index in [2.05, 4.69) is 9.62 Å². The van der Waals surface area contributed by atoms with Crippen LogP contribution in [0, 0.1) is 18.3 Å². The van der Waals surface area contributed by atoms with E-state index in [0.717, 1.165) is 13.1 Å². The van der Waals surface area contributed by atoms with Gasteiger partial charge in [-0.05, 0) is 63.5 Å². The Labute approximate surface area is 126 Å². The van der Waals surface area contributed by atoms with Gasteiger partial charge in [-0.1, -0.05) is 0 Å². The molecule has 1 aromatic carbocycles. The largest absolute Gasteiger partial charge is 0.299 e. The molecule has 0 bridgehead atoms. The highest BCUT2D eigenvalue weighted by molar-refractivity contribution is 7.89. The van der Waals surface area contributed by atoms with Crippen LogP contribution in [0.5, 0.6) is 0 Å². The maximum absolute atomic E-state index is 12.4. The lowest BCUT2D eigenvalue weighted by Gasteiger charge is -2.24. The van der Waals surface area contributed by atoms with E-state index in [9.17, 15) is 8.42 Å². The Hall–Kier alpha value is -1.42. The van der Waals surface area contributed by atoms with Gasteiger partial charge in [0.2, 0.25) is 10.0 Å². The molecule has 1 atom stereocenters. The maximum Gasteiger partial charge on any atom is 0.240 e. The predicted molar refractivity (Wildman–Crippen MR) is 81.4 cm³/mol. The van der Waals surface area contributed by atoms with Gasteiger partial charge in [0.1, 0.15) is 0 Å². The summed E-state index contributed by atoms with van der Waals surface area (Å²) in [5.74, 6) is 0. The minimum absolute atomic E-state index is 0.195. The number of nitrogens with one attached hydrogen (secondary N) is 1. The van der Waals surface area contributed by atoms with Gasteiger partial charge < -0.3 is 0 Å². The summed E-state index contributed by atoms with van der Waals surface area (Å²) >= 11 is 0. The Morgan fingerprint density at radius 2 is 2.05 bits per heavy atom. The molecule has 1 heterocycles. The number of hydrogen-bond donors (Lipinski definition) is 1. The maximum atomic E-state index is 12.4. The normalized spacial score (nSPS) is 17.6. The third-order valence-electron chi connectivity index (χ3n) is 3.93. The van der Waals surface area contributed by atoms with Crippen LogP contribution in [0.2, 0.25) is 0 Å². The molecular formula is C15H21N3O2S. The first-order valence-electron chi connectivity index (χ1n) is 7.18. The fourth-order valence-corrected chi connectivity index (χ4v) is 3.99. The number of rotatable bonds is 5. The number of likely N-dealkylation sites (tertiary alicyclic amines) is 1. The summed E-state index contributed by atoms with van der Waals surface area (Å²) in [6, 6.07) is 6.83. The predicted octanol–water partition coefficient (Wildman–Crippen LogP) is 1.63. The van der Waals surface area contributed by atoms with Gasteiger partial charge in [-0.25, -0.2) is 13.1 Å². The van der Waals surface area contributed by atoms with Crippen molar-refractivity contribution in [1.82, 2.24) is 9.62 Å². The SMILES string of the molecule is Cc1cc(C#N)ccc1S(=O)(=O)NCC(C)N1CCCC1. The zero-order valence-electron chi connectivity index (χ0n) is 12.5. The van der Waals surface area contributed by atoms with Gasteiger partial charge in [-0.15, -0.1) is 0 Å². The summed E-state index contributed by atoms with van der Waals surface area (Å²) in [6.45, 7) is 6.23. The van der Waals surface area contributed by atoms with Gasteiger partial charge in [0, 0.05) is 12.6 Å². The molecule has 2 rings (SSSR count). The average molecular weight is 307 g/mol. The summed E-state index contributed by atoms with van der Waals surface area (Å²) in [4.78, 5) is 2.55. The van der Waals surface area contributed by atoms with Crippen molar-refractivity contribution in [2.45, 2.75) is 37.6 Å². The molecule has 21 heavy (non-hydrogen) atoms. The fraction of sp³-hybridized carbons (Fsp3) is 0.533. The number of benzene rings is 1. The minimum atomic E-state index is -3.53. The Bertz CT molecular complexity index is 643. The van der Waals surface area contributed by atoms with Gasteiger partial charge in [-0.2, -0.15) is 5.26 Å². The van der Waals surface area contributed by atoms with Crippen LogP contribution < -0.4 is 4.72 Å². The number of nitriles is 1. The third kappa shape index (κ3) is 3.82. The molecule has 0 spiro atoms. The monoisotopic (exact) mass is 307 g/mol. The summed E-state index contributed by atoms with van der Waals surface area (Å²) in [7, 11) is -3.53. The standard InChI is InChI=1S/C15H21N3O2S/c1-12-9-14(10-16)5-6-15(12)21(19,20)17-11-13(2)18-7-3-4-8-18/h5-6,9,13,17H,3-4,7-8,11H2,1-2H3. The van der Waals surface area contributed by atoms with Gasteiger partial charge in [-0.3, -0.25) is 4.90 Å². The smallest absolute Gasteiger partial charge is 0.240 e. The van der Waals surface area contributed by atoms with Crippen molar-refractivity contribution in [1.29, 1.82) is 5.26 Å². The summed E-state index contributed by atoms with van der Waals surface area (Å²) in [6.07, 6.45) is 2.37. The van der Waals surface area contributed by atoms with Crippen LogP contribution in [-0.4, -0.2) is 39.0 Å². The lowest BCUT2D eigenvalue weighted by Crippen LogP contribution is -2.40. The van der Waals surface area contributed by atoms with E-state index in [4.69, 9.17) is 5.26 Å². The highest BCUT2D eigenvalue weighted by Gasteiger charge is 2.22. The first-order chi connectivity index (χ1) is 9.94. The number of hydrogen-bond acceptors (Lipinski definition) is 4. The van der Waals surface area contributed by atoms with E-state index < -0.39 is 10.0 Å². The van der Waals surface area contributed by atoms with Gasteiger partial charge in [0.05, 0.1) is 16.5 Å². The van der Waals surface area contributed by atoms with Crippen molar-refractivity contribution in [3.8, 4) is 6.07 Å². The molecule has 0 radical (unpaired) electrons.